The molecular weight excluding hydrogens is 397 g/mol. The molecule has 0 saturated carbocycles. The van der Waals surface area contributed by atoms with Gasteiger partial charge in [-0.15, -0.1) is 11.3 Å². The molecule has 0 amide bonds. The Balaban J connectivity index is 1.73. The summed E-state index contributed by atoms with van der Waals surface area (Å²) in [6, 6.07) is 6.21. The third kappa shape index (κ3) is 3.19. The molecule has 0 spiro atoms. The lowest BCUT2D eigenvalue weighted by atomic mass is 10.00. The van der Waals surface area contributed by atoms with Gasteiger partial charge in [0.05, 0.1) is 16.1 Å². The number of carbonyl (C=O) groups is 1. The van der Waals surface area contributed by atoms with Gasteiger partial charge in [0.1, 0.15) is 17.1 Å². The number of para-hydroxylation sites is 1. The lowest BCUT2D eigenvalue weighted by molar-refractivity contribution is -0.142. The summed E-state index contributed by atoms with van der Waals surface area (Å²) in [5.74, 6) is -4.38. The summed E-state index contributed by atoms with van der Waals surface area (Å²) >= 11 is 0.817. The van der Waals surface area contributed by atoms with Gasteiger partial charge in [0.25, 0.3) is 0 Å². The highest BCUT2D eigenvalue weighted by Crippen LogP contribution is 2.40. The Kier molecular flexibility index (Phi) is 4.69. The van der Waals surface area contributed by atoms with Gasteiger partial charge < -0.3 is 20.1 Å². The van der Waals surface area contributed by atoms with Crippen LogP contribution >= 0.6 is 11.3 Å². The van der Waals surface area contributed by atoms with Crippen molar-refractivity contribution in [1.29, 1.82) is 0 Å². The smallest absolute Gasteiger partial charge is 0.308 e. The number of thiazole rings is 1. The van der Waals surface area contributed by atoms with Crippen molar-refractivity contribution < 1.29 is 27.8 Å². The maximum absolute atomic E-state index is 13.9. The van der Waals surface area contributed by atoms with Crippen LogP contribution in [-0.4, -0.2) is 27.4 Å². The van der Waals surface area contributed by atoms with Crippen LogP contribution < -0.4 is 4.74 Å². The van der Waals surface area contributed by atoms with Crippen LogP contribution in [0.1, 0.15) is 23.0 Å². The van der Waals surface area contributed by atoms with Crippen LogP contribution in [0, 0.1) is 22.7 Å². The standard InChI is InChI=1S/C18H12F3N2O4S/c19-9-5-10(20)18-17(16(9)21)22-13(28-18)6-11-8-3-1-2-4-12(8)27-14(23(11)26)7-15(24)25/h1-5,11,14H,6-7H2,(H,24,25)/q-1. The Morgan fingerprint density at radius 1 is 1.29 bits per heavy atom. The van der Waals surface area contributed by atoms with E-state index in [0.717, 1.165) is 11.3 Å². The second kappa shape index (κ2) is 7.04. The van der Waals surface area contributed by atoms with Crippen LogP contribution in [-0.2, 0) is 11.2 Å². The van der Waals surface area contributed by atoms with Gasteiger partial charge in [0.2, 0.25) is 0 Å². The summed E-state index contributed by atoms with van der Waals surface area (Å²) in [5.41, 5.74) is 0.0721. The number of benzene rings is 2. The van der Waals surface area contributed by atoms with E-state index in [0.29, 0.717) is 22.4 Å². The lowest BCUT2D eigenvalue weighted by Crippen LogP contribution is -2.43. The van der Waals surface area contributed by atoms with Gasteiger partial charge in [-0.05, 0) is 6.07 Å². The van der Waals surface area contributed by atoms with E-state index >= 15 is 0 Å². The van der Waals surface area contributed by atoms with Crippen molar-refractivity contribution in [3.05, 3.63) is 63.6 Å². The van der Waals surface area contributed by atoms with Gasteiger partial charge in [-0.1, -0.05) is 18.2 Å². The van der Waals surface area contributed by atoms with Gasteiger partial charge in [0.15, 0.2) is 17.9 Å². The normalized spacial score (nSPS) is 19.4. The minimum Gasteiger partial charge on any atom is -0.782 e. The summed E-state index contributed by atoms with van der Waals surface area (Å²) in [5, 5.41) is 22.5. The van der Waals surface area contributed by atoms with Crippen LogP contribution in [0.4, 0.5) is 13.2 Å². The van der Waals surface area contributed by atoms with Crippen LogP contribution in [0.5, 0.6) is 5.75 Å². The van der Waals surface area contributed by atoms with Crippen molar-refractivity contribution in [1.82, 2.24) is 10.0 Å². The second-order valence-corrected chi connectivity index (χ2v) is 7.31. The molecule has 146 valence electrons. The number of aliphatic carboxylic acids is 1. The monoisotopic (exact) mass is 409 g/mol. The van der Waals surface area contributed by atoms with Crippen molar-refractivity contribution in [3.63, 3.8) is 0 Å². The number of rotatable bonds is 4. The number of hydroxylamine groups is 2. The first-order valence-corrected chi connectivity index (χ1v) is 9.02. The fourth-order valence-electron chi connectivity index (χ4n) is 3.16. The zero-order chi connectivity index (χ0) is 20.0. The van der Waals surface area contributed by atoms with Crippen molar-refractivity contribution >= 4 is 27.5 Å². The first kappa shape index (κ1) is 18.7. The SMILES string of the molecule is O=C(O)CC1Oc2ccccc2C(Cc2nc3c(F)c(F)cc(F)c3s2)N1[O-]. The average Bonchev–Trinajstić information content (AvgIpc) is 3.07. The maximum Gasteiger partial charge on any atom is 0.308 e. The number of hydrogen-bond donors (Lipinski definition) is 1. The molecule has 2 heterocycles. The zero-order valence-corrected chi connectivity index (χ0v) is 14.9. The van der Waals surface area contributed by atoms with Crippen LogP contribution in [0.3, 0.4) is 0 Å². The van der Waals surface area contributed by atoms with Crippen LogP contribution in [0.15, 0.2) is 30.3 Å². The minimum absolute atomic E-state index is 0.0418. The summed E-state index contributed by atoms with van der Waals surface area (Å²) < 4.78 is 46.6. The number of fused-ring (bicyclic) bond motifs is 2. The molecule has 10 heteroatoms. The molecule has 1 aromatic heterocycles. The second-order valence-electron chi connectivity index (χ2n) is 6.23. The first-order chi connectivity index (χ1) is 13.3. The van der Waals surface area contributed by atoms with Gasteiger partial charge in [-0.2, -0.15) is 0 Å². The minimum atomic E-state index is -1.34. The maximum atomic E-state index is 13.9. The van der Waals surface area contributed by atoms with Crippen molar-refractivity contribution in [2.45, 2.75) is 25.1 Å². The van der Waals surface area contributed by atoms with E-state index < -0.39 is 47.6 Å². The molecule has 28 heavy (non-hydrogen) atoms. The van der Waals surface area contributed by atoms with Gasteiger partial charge in [0, 0.05) is 24.1 Å². The molecule has 1 aliphatic rings. The predicted octanol–water partition coefficient (Wildman–Crippen LogP) is 3.99. The summed E-state index contributed by atoms with van der Waals surface area (Å²) in [4.78, 5) is 15.0. The number of carboxylic acid groups (broad SMARTS) is 1. The largest absolute Gasteiger partial charge is 0.782 e. The van der Waals surface area contributed by atoms with Crippen molar-refractivity contribution in [2.75, 3.05) is 0 Å². The number of nitrogens with zero attached hydrogens (tertiary/aromatic N) is 2. The van der Waals surface area contributed by atoms with Crippen LogP contribution in [0.25, 0.3) is 10.2 Å². The van der Waals surface area contributed by atoms with Gasteiger partial charge >= 0.3 is 5.97 Å². The molecule has 2 aromatic carbocycles. The molecule has 1 aliphatic heterocycles. The fourth-order valence-corrected chi connectivity index (χ4v) is 4.16. The fraction of sp³-hybridized carbons (Fsp3) is 0.222. The molecule has 6 nitrogen and oxygen atoms in total. The molecule has 2 atom stereocenters. The quantitative estimate of drug-likeness (QED) is 0.656. The van der Waals surface area contributed by atoms with E-state index in [-0.39, 0.29) is 16.1 Å². The highest BCUT2D eigenvalue weighted by atomic mass is 32.1. The van der Waals surface area contributed by atoms with E-state index in [9.17, 15) is 23.2 Å². The van der Waals surface area contributed by atoms with Crippen molar-refractivity contribution in [2.24, 2.45) is 0 Å². The average molecular weight is 409 g/mol. The van der Waals surface area contributed by atoms with Gasteiger partial charge in [-0.3, -0.25) is 4.79 Å². The number of hydrogen-bond acceptors (Lipinski definition) is 6. The van der Waals surface area contributed by atoms with Gasteiger partial charge in [-0.25, -0.2) is 18.2 Å². The Bertz CT molecular complexity index is 1070. The molecule has 0 saturated heterocycles. The molecule has 2 unspecified atom stereocenters. The van der Waals surface area contributed by atoms with Crippen molar-refractivity contribution in [3.8, 4) is 5.75 Å². The third-order valence-electron chi connectivity index (χ3n) is 4.41. The van der Waals surface area contributed by atoms with E-state index in [1.54, 1.807) is 24.3 Å². The Morgan fingerprint density at radius 2 is 2.04 bits per heavy atom. The number of aromatic nitrogens is 1. The van der Waals surface area contributed by atoms with E-state index in [1.807, 2.05) is 0 Å². The van der Waals surface area contributed by atoms with E-state index in [2.05, 4.69) is 4.98 Å². The molecular formula is C18H12F3N2O4S-. The van der Waals surface area contributed by atoms with E-state index in [1.165, 1.54) is 0 Å². The molecule has 4 rings (SSSR count). The Morgan fingerprint density at radius 3 is 2.79 bits per heavy atom. The lowest BCUT2D eigenvalue weighted by Gasteiger charge is -2.46. The zero-order valence-electron chi connectivity index (χ0n) is 14.1. The number of ether oxygens (including phenoxy) is 1. The molecule has 0 radical (unpaired) electrons. The van der Waals surface area contributed by atoms with E-state index in [4.69, 9.17) is 9.84 Å². The molecule has 0 bridgehead atoms. The highest BCUT2D eigenvalue weighted by molar-refractivity contribution is 7.18. The number of carboxylic acids is 1. The molecule has 0 aliphatic carbocycles. The molecule has 1 N–H and O–H groups in total. The highest BCUT2D eigenvalue weighted by Gasteiger charge is 2.32. The summed E-state index contributed by atoms with van der Waals surface area (Å²) in [6.45, 7) is 0. The summed E-state index contributed by atoms with van der Waals surface area (Å²) in [7, 11) is 0. The summed E-state index contributed by atoms with van der Waals surface area (Å²) in [6.07, 6.45) is -1.83. The first-order valence-electron chi connectivity index (χ1n) is 8.21. The Hall–Kier alpha value is -2.69. The number of halogens is 3. The topological polar surface area (TPSA) is 85.7 Å². The third-order valence-corrected chi connectivity index (χ3v) is 5.49. The molecule has 0 fully saturated rings. The molecule has 3 aromatic rings. The Labute approximate surface area is 160 Å². The van der Waals surface area contributed by atoms with Crippen LogP contribution in [0.2, 0.25) is 0 Å². The predicted molar refractivity (Wildman–Crippen MR) is 94.3 cm³/mol.